The fraction of sp³-hybridized carbons (Fsp3) is 0.360. The fourth-order valence-corrected chi connectivity index (χ4v) is 4.32. The van der Waals surface area contributed by atoms with Gasteiger partial charge in [-0.25, -0.2) is 23.7 Å². The van der Waals surface area contributed by atoms with E-state index in [-0.39, 0.29) is 18.2 Å². The number of pyridine rings is 1. The van der Waals surface area contributed by atoms with Gasteiger partial charge in [0.1, 0.15) is 29.3 Å². The van der Waals surface area contributed by atoms with E-state index < -0.39 is 23.1 Å². The average Bonchev–Trinajstić information content (AvgIpc) is 2.87. The molecule has 35 heavy (non-hydrogen) atoms. The van der Waals surface area contributed by atoms with E-state index in [1.165, 1.54) is 11.2 Å². The molecule has 8 nitrogen and oxygen atoms in total. The Balaban J connectivity index is 1.67. The summed E-state index contributed by atoms with van der Waals surface area (Å²) in [5.74, 6) is -2.25. The number of carbonyl (C=O) groups excluding carboxylic acids is 1. The van der Waals surface area contributed by atoms with Crippen molar-refractivity contribution in [1.29, 1.82) is 0 Å². The van der Waals surface area contributed by atoms with Crippen LogP contribution in [0.1, 0.15) is 29.9 Å². The van der Waals surface area contributed by atoms with Crippen LogP contribution >= 0.6 is 0 Å². The molecule has 1 atom stereocenters. The molecule has 4 rings (SSSR count). The topological polar surface area (TPSA) is 108 Å². The third kappa shape index (κ3) is 4.98. The maximum absolute atomic E-state index is 15.2. The van der Waals surface area contributed by atoms with E-state index in [1.807, 2.05) is 18.7 Å². The van der Waals surface area contributed by atoms with Crippen molar-refractivity contribution in [3.8, 4) is 22.4 Å². The van der Waals surface area contributed by atoms with Crippen LogP contribution in [-0.4, -0.2) is 74.6 Å². The molecule has 1 unspecified atom stereocenters. The van der Waals surface area contributed by atoms with Crippen LogP contribution in [0, 0.1) is 11.6 Å². The molecular formula is C25H28F2N6O2. The van der Waals surface area contributed by atoms with Gasteiger partial charge in [0.05, 0.1) is 18.0 Å². The number of benzene rings is 1. The van der Waals surface area contributed by atoms with Crippen LogP contribution in [0.15, 0.2) is 36.8 Å². The number of piperazine rings is 1. The lowest BCUT2D eigenvalue weighted by Gasteiger charge is -2.37. The summed E-state index contributed by atoms with van der Waals surface area (Å²) in [4.78, 5) is 29.2. The van der Waals surface area contributed by atoms with Crippen LogP contribution in [0.5, 0.6) is 0 Å². The standard InChI is InChI=1S/C25H28F2N6O2/c1-3-20-22(16-4-5-21(28)29-12-16)24(31-14-30-20)17-10-18(26)23(19(27)11-17)25(35)33-8-6-32(7-9-33)15(2)13-34/h4-5,10-12,14-15,34H,3,6-9,13H2,1-2H3,(H2,28,29). The van der Waals surface area contributed by atoms with Crippen LogP contribution in [0.4, 0.5) is 14.6 Å². The first-order chi connectivity index (χ1) is 16.8. The largest absolute Gasteiger partial charge is 0.395 e. The molecule has 0 aliphatic carbocycles. The van der Waals surface area contributed by atoms with Gasteiger partial charge in [-0.15, -0.1) is 0 Å². The summed E-state index contributed by atoms with van der Waals surface area (Å²) in [6.07, 6.45) is 3.49. The zero-order chi connectivity index (χ0) is 25.1. The number of carbonyl (C=O) groups is 1. The predicted molar refractivity (Wildman–Crippen MR) is 128 cm³/mol. The zero-order valence-electron chi connectivity index (χ0n) is 19.7. The minimum Gasteiger partial charge on any atom is -0.395 e. The number of nitrogen functional groups attached to an aromatic ring is 1. The molecule has 0 bridgehead atoms. The van der Waals surface area contributed by atoms with Crippen molar-refractivity contribution in [3.05, 3.63) is 59.7 Å². The van der Waals surface area contributed by atoms with Crippen LogP contribution in [0.2, 0.25) is 0 Å². The molecule has 1 aliphatic heterocycles. The van der Waals surface area contributed by atoms with Gasteiger partial charge in [-0.1, -0.05) is 6.92 Å². The molecule has 3 N–H and O–H groups in total. The van der Waals surface area contributed by atoms with Crippen molar-refractivity contribution < 1.29 is 18.7 Å². The summed E-state index contributed by atoms with van der Waals surface area (Å²) in [5, 5.41) is 9.33. The summed E-state index contributed by atoms with van der Waals surface area (Å²) in [7, 11) is 0. The van der Waals surface area contributed by atoms with Crippen molar-refractivity contribution >= 4 is 11.7 Å². The average molecular weight is 483 g/mol. The number of amides is 1. The highest BCUT2D eigenvalue weighted by Gasteiger charge is 2.29. The van der Waals surface area contributed by atoms with E-state index in [1.54, 1.807) is 18.3 Å². The number of aliphatic hydroxyl groups is 1. The van der Waals surface area contributed by atoms with E-state index in [2.05, 4.69) is 15.0 Å². The summed E-state index contributed by atoms with van der Waals surface area (Å²) in [6, 6.07) is 5.62. The molecule has 0 saturated carbocycles. The first-order valence-electron chi connectivity index (χ1n) is 11.5. The summed E-state index contributed by atoms with van der Waals surface area (Å²) in [6.45, 7) is 5.51. The molecule has 1 aromatic carbocycles. The molecule has 3 aromatic rings. The predicted octanol–water partition coefficient (Wildman–Crippen LogP) is 2.77. The van der Waals surface area contributed by atoms with Crippen molar-refractivity contribution in [3.63, 3.8) is 0 Å². The Hall–Kier alpha value is -3.50. The highest BCUT2D eigenvalue weighted by molar-refractivity contribution is 5.96. The SMILES string of the molecule is CCc1ncnc(-c2cc(F)c(C(=O)N3CCN(C(C)CO)CC3)c(F)c2)c1-c1ccc(N)nc1. The van der Waals surface area contributed by atoms with Gasteiger partial charge in [0.25, 0.3) is 5.91 Å². The second-order valence-corrected chi connectivity index (χ2v) is 8.54. The Morgan fingerprint density at radius 1 is 1.09 bits per heavy atom. The molecule has 1 saturated heterocycles. The summed E-state index contributed by atoms with van der Waals surface area (Å²) < 4.78 is 30.5. The molecule has 0 spiro atoms. The number of rotatable bonds is 6. The van der Waals surface area contributed by atoms with Gasteiger partial charge >= 0.3 is 0 Å². The number of anilines is 1. The van der Waals surface area contributed by atoms with Gasteiger partial charge in [0, 0.05) is 55.1 Å². The Kier molecular flexibility index (Phi) is 7.32. The first-order valence-corrected chi connectivity index (χ1v) is 11.5. The van der Waals surface area contributed by atoms with Gasteiger partial charge in [-0.2, -0.15) is 0 Å². The molecule has 184 valence electrons. The number of aliphatic hydroxyl groups excluding tert-OH is 1. The van der Waals surface area contributed by atoms with Gasteiger partial charge in [0.2, 0.25) is 0 Å². The van der Waals surface area contributed by atoms with E-state index in [4.69, 9.17) is 5.73 Å². The lowest BCUT2D eigenvalue weighted by molar-refractivity contribution is 0.0504. The van der Waals surface area contributed by atoms with Crippen molar-refractivity contribution in [1.82, 2.24) is 24.8 Å². The van der Waals surface area contributed by atoms with Gasteiger partial charge in [-0.3, -0.25) is 9.69 Å². The zero-order valence-corrected chi connectivity index (χ0v) is 19.7. The van der Waals surface area contributed by atoms with Crippen molar-refractivity contribution in [2.24, 2.45) is 0 Å². The first kappa shape index (κ1) is 24.6. The number of aromatic nitrogens is 3. The van der Waals surface area contributed by atoms with Gasteiger partial charge in [0.15, 0.2) is 0 Å². The molecule has 1 amide bonds. The van der Waals surface area contributed by atoms with Crippen LogP contribution in [0.25, 0.3) is 22.4 Å². The van der Waals surface area contributed by atoms with Crippen molar-refractivity contribution in [2.45, 2.75) is 26.3 Å². The Morgan fingerprint density at radius 2 is 1.77 bits per heavy atom. The molecule has 0 radical (unpaired) electrons. The normalized spacial score (nSPS) is 15.3. The van der Waals surface area contributed by atoms with Crippen molar-refractivity contribution in [2.75, 3.05) is 38.5 Å². The van der Waals surface area contributed by atoms with Gasteiger partial charge < -0.3 is 15.7 Å². The number of hydrogen-bond donors (Lipinski definition) is 2. The number of aryl methyl sites for hydroxylation is 1. The molecule has 3 heterocycles. The quantitative estimate of drug-likeness (QED) is 0.556. The van der Waals surface area contributed by atoms with E-state index in [9.17, 15) is 9.90 Å². The maximum Gasteiger partial charge on any atom is 0.259 e. The Morgan fingerprint density at radius 3 is 2.34 bits per heavy atom. The smallest absolute Gasteiger partial charge is 0.259 e. The summed E-state index contributed by atoms with van der Waals surface area (Å²) in [5.41, 5.74) is 7.63. The Labute approximate surface area is 202 Å². The third-order valence-corrected chi connectivity index (χ3v) is 6.35. The molecule has 1 aliphatic rings. The second-order valence-electron chi connectivity index (χ2n) is 8.54. The third-order valence-electron chi connectivity index (χ3n) is 6.35. The van der Waals surface area contributed by atoms with Crippen LogP contribution in [-0.2, 0) is 6.42 Å². The number of hydrogen-bond acceptors (Lipinski definition) is 7. The lowest BCUT2D eigenvalue weighted by atomic mass is 9.96. The molecule has 1 fully saturated rings. The maximum atomic E-state index is 15.2. The number of nitrogens with two attached hydrogens (primary N) is 1. The fourth-order valence-electron chi connectivity index (χ4n) is 4.32. The number of halogens is 2. The molecule has 10 heteroatoms. The highest BCUT2D eigenvalue weighted by Crippen LogP contribution is 2.34. The summed E-state index contributed by atoms with van der Waals surface area (Å²) >= 11 is 0. The minimum absolute atomic E-state index is 0.00979. The molecular weight excluding hydrogens is 454 g/mol. The van der Waals surface area contributed by atoms with Crippen LogP contribution < -0.4 is 5.73 Å². The minimum atomic E-state index is -0.950. The van der Waals surface area contributed by atoms with E-state index in [0.717, 1.165) is 12.1 Å². The second kappa shape index (κ2) is 10.4. The number of nitrogens with zero attached hydrogens (tertiary/aromatic N) is 5. The Bertz CT molecular complexity index is 1190. The monoisotopic (exact) mass is 482 g/mol. The van der Waals surface area contributed by atoms with Gasteiger partial charge in [-0.05, 0) is 37.6 Å². The molecule has 2 aromatic heterocycles. The lowest BCUT2D eigenvalue weighted by Crippen LogP contribution is -2.52. The van der Waals surface area contributed by atoms with Crippen LogP contribution in [0.3, 0.4) is 0 Å². The van der Waals surface area contributed by atoms with E-state index in [0.29, 0.717) is 60.9 Å². The highest BCUT2D eigenvalue weighted by atomic mass is 19.1. The van der Waals surface area contributed by atoms with E-state index >= 15 is 8.78 Å².